The van der Waals surface area contributed by atoms with Crippen LogP contribution in [0, 0.1) is 5.92 Å². The van der Waals surface area contributed by atoms with E-state index in [1.54, 1.807) is 0 Å². The Bertz CT molecular complexity index is 348. The highest BCUT2D eigenvalue weighted by Crippen LogP contribution is 2.22. The lowest BCUT2D eigenvalue weighted by Crippen LogP contribution is -2.46. The predicted molar refractivity (Wildman–Crippen MR) is 75.6 cm³/mol. The molecule has 0 aromatic carbocycles. The van der Waals surface area contributed by atoms with Gasteiger partial charge in [0.15, 0.2) is 0 Å². The highest BCUT2D eigenvalue weighted by Gasteiger charge is 2.24. The minimum Gasteiger partial charge on any atom is -0.317 e. The van der Waals surface area contributed by atoms with E-state index in [0.29, 0.717) is 6.04 Å². The van der Waals surface area contributed by atoms with Gasteiger partial charge in [-0.25, -0.2) is 0 Å². The van der Waals surface area contributed by atoms with Crippen molar-refractivity contribution in [2.75, 3.05) is 20.1 Å². The third-order valence-electron chi connectivity index (χ3n) is 3.81. The Morgan fingerprint density at radius 1 is 1.41 bits per heavy atom. The molecule has 0 amide bonds. The molecule has 3 heteroatoms. The van der Waals surface area contributed by atoms with Crippen molar-refractivity contribution in [1.82, 2.24) is 10.2 Å². The molecule has 0 bridgehead atoms. The number of aryl methyl sites for hydroxylation is 1. The second-order valence-corrected chi connectivity index (χ2v) is 6.37. The molecule has 1 N–H and O–H groups in total. The van der Waals surface area contributed by atoms with Gasteiger partial charge in [0.1, 0.15) is 0 Å². The maximum atomic E-state index is 3.43. The van der Waals surface area contributed by atoms with E-state index >= 15 is 0 Å². The standard InChI is InChI=1S/C14H24N2S/c1-4-12-5-6-13(17-12)10-16-8-7-14(15-3)11(2)9-16/h5-6,11,14-15H,4,7-10H2,1-3H3. The van der Waals surface area contributed by atoms with Crippen molar-refractivity contribution in [2.24, 2.45) is 5.92 Å². The van der Waals surface area contributed by atoms with Crippen LogP contribution >= 0.6 is 11.3 Å². The van der Waals surface area contributed by atoms with Gasteiger partial charge in [0.2, 0.25) is 0 Å². The average molecular weight is 252 g/mol. The van der Waals surface area contributed by atoms with Gasteiger partial charge >= 0.3 is 0 Å². The summed E-state index contributed by atoms with van der Waals surface area (Å²) in [5, 5.41) is 3.43. The second kappa shape index (κ2) is 5.98. The van der Waals surface area contributed by atoms with Crippen molar-refractivity contribution in [3.8, 4) is 0 Å². The molecule has 2 heterocycles. The number of hydrogen-bond donors (Lipinski definition) is 1. The van der Waals surface area contributed by atoms with Crippen molar-refractivity contribution < 1.29 is 0 Å². The monoisotopic (exact) mass is 252 g/mol. The summed E-state index contributed by atoms with van der Waals surface area (Å²) in [6, 6.07) is 5.29. The Hall–Kier alpha value is -0.380. The summed E-state index contributed by atoms with van der Waals surface area (Å²) in [6.45, 7) is 8.20. The lowest BCUT2D eigenvalue weighted by molar-refractivity contribution is 0.146. The predicted octanol–water partition coefficient (Wildman–Crippen LogP) is 2.74. The lowest BCUT2D eigenvalue weighted by Gasteiger charge is -2.36. The first kappa shape index (κ1) is 13.1. The Morgan fingerprint density at radius 2 is 2.18 bits per heavy atom. The number of likely N-dealkylation sites (tertiary alicyclic amines) is 1. The van der Waals surface area contributed by atoms with E-state index in [9.17, 15) is 0 Å². The van der Waals surface area contributed by atoms with Crippen LogP contribution in [0.15, 0.2) is 12.1 Å². The van der Waals surface area contributed by atoms with Crippen LogP contribution in [-0.4, -0.2) is 31.1 Å². The molecular weight excluding hydrogens is 228 g/mol. The first-order valence-corrected chi connectivity index (χ1v) is 7.51. The summed E-state index contributed by atoms with van der Waals surface area (Å²) < 4.78 is 0. The minimum atomic E-state index is 0.709. The molecule has 0 saturated carbocycles. The summed E-state index contributed by atoms with van der Waals surface area (Å²) in [7, 11) is 2.09. The molecule has 0 spiro atoms. The molecule has 1 aromatic heterocycles. The van der Waals surface area contributed by atoms with E-state index in [1.165, 1.54) is 35.7 Å². The van der Waals surface area contributed by atoms with Crippen LogP contribution in [0.5, 0.6) is 0 Å². The molecule has 0 aliphatic carbocycles. The SMILES string of the molecule is CCc1ccc(CN2CCC(NC)C(C)C2)s1. The molecule has 2 atom stereocenters. The molecule has 1 aromatic rings. The van der Waals surface area contributed by atoms with Crippen LogP contribution in [0.25, 0.3) is 0 Å². The largest absolute Gasteiger partial charge is 0.317 e. The van der Waals surface area contributed by atoms with Crippen molar-refractivity contribution >= 4 is 11.3 Å². The number of nitrogens with one attached hydrogen (secondary N) is 1. The maximum Gasteiger partial charge on any atom is 0.0328 e. The van der Waals surface area contributed by atoms with Gasteiger partial charge in [-0.1, -0.05) is 13.8 Å². The van der Waals surface area contributed by atoms with Gasteiger partial charge in [-0.2, -0.15) is 0 Å². The molecule has 2 rings (SSSR count). The Labute approximate surface area is 109 Å². The van der Waals surface area contributed by atoms with E-state index in [4.69, 9.17) is 0 Å². The molecule has 17 heavy (non-hydrogen) atoms. The van der Waals surface area contributed by atoms with Crippen molar-refractivity contribution in [3.63, 3.8) is 0 Å². The molecule has 1 fully saturated rings. The molecule has 0 radical (unpaired) electrons. The zero-order valence-electron chi connectivity index (χ0n) is 11.2. The van der Waals surface area contributed by atoms with Gasteiger partial charge in [0.05, 0.1) is 0 Å². The van der Waals surface area contributed by atoms with E-state index in [-0.39, 0.29) is 0 Å². The van der Waals surface area contributed by atoms with Gasteiger partial charge in [0.25, 0.3) is 0 Å². The Kier molecular flexibility index (Phi) is 4.60. The lowest BCUT2D eigenvalue weighted by atomic mass is 9.94. The van der Waals surface area contributed by atoms with Gasteiger partial charge in [-0.05, 0) is 37.9 Å². The topological polar surface area (TPSA) is 15.3 Å². The third-order valence-corrected chi connectivity index (χ3v) is 5.02. The molecule has 96 valence electrons. The highest BCUT2D eigenvalue weighted by atomic mass is 32.1. The zero-order chi connectivity index (χ0) is 12.3. The summed E-state index contributed by atoms with van der Waals surface area (Å²) in [4.78, 5) is 5.64. The molecule has 2 unspecified atom stereocenters. The number of hydrogen-bond acceptors (Lipinski definition) is 3. The van der Waals surface area contributed by atoms with E-state index in [1.807, 2.05) is 11.3 Å². The molecule has 2 nitrogen and oxygen atoms in total. The molecular formula is C14H24N2S. The summed E-state index contributed by atoms with van der Waals surface area (Å²) in [5.74, 6) is 0.763. The van der Waals surface area contributed by atoms with Crippen LogP contribution in [0.1, 0.15) is 30.0 Å². The number of nitrogens with zero attached hydrogens (tertiary/aromatic N) is 1. The van der Waals surface area contributed by atoms with Crippen LogP contribution in [-0.2, 0) is 13.0 Å². The van der Waals surface area contributed by atoms with Crippen molar-refractivity contribution in [1.29, 1.82) is 0 Å². The summed E-state index contributed by atoms with van der Waals surface area (Å²) in [5.41, 5.74) is 0. The smallest absolute Gasteiger partial charge is 0.0328 e. The zero-order valence-corrected chi connectivity index (χ0v) is 12.0. The van der Waals surface area contributed by atoms with Gasteiger partial charge < -0.3 is 5.32 Å². The van der Waals surface area contributed by atoms with Crippen LogP contribution in [0.2, 0.25) is 0 Å². The summed E-state index contributed by atoms with van der Waals surface area (Å²) in [6.07, 6.45) is 2.45. The van der Waals surface area contributed by atoms with Crippen LogP contribution in [0.3, 0.4) is 0 Å². The van der Waals surface area contributed by atoms with E-state index < -0.39 is 0 Å². The fourth-order valence-electron chi connectivity index (χ4n) is 2.72. The molecule has 1 aliphatic rings. The fraction of sp³-hybridized carbons (Fsp3) is 0.714. The Balaban J connectivity index is 1.88. The fourth-order valence-corrected chi connectivity index (χ4v) is 3.72. The van der Waals surface area contributed by atoms with Gasteiger partial charge in [-0.3, -0.25) is 4.90 Å². The normalized spacial score (nSPS) is 26.3. The second-order valence-electron chi connectivity index (χ2n) is 5.12. The van der Waals surface area contributed by atoms with E-state index in [0.717, 1.165) is 12.5 Å². The average Bonchev–Trinajstić information content (AvgIpc) is 2.77. The number of piperidine rings is 1. The van der Waals surface area contributed by atoms with Crippen LogP contribution in [0.4, 0.5) is 0 Å². The highest BCUT2D eigenvalue weighted by molar-refractivity contribution is 7.11. The third kappa shape index (κ3) is 3.30. The number of rotatable bonds is 4. The minimum absolute atomic E-state index is 0.709. The first-order valence-electron chi connectivity index (χ1n) is 6.70. The number of thiophene rings is 1. The van der Waals surface area contributed by atoms with Crippen molar-refractivity contribution in [2.45, 2.75) is 39.3 Å². The van der Waals surface area contributed by atoms with Crippen LogP contribution < -0.4 is 5.32 Å². The first-order chi connectivity index (χ1) is 8.22. The summed E-state index contributed by atoms with van der Waals surface area (Å²) >= 11 is 1.98. The maximum absolute atomic E-state index is 3.43. The Morgan fingerprint density at radius 3 is 2.76 bits per heavy atom. The molecule has 1 saturated heterocycles. The quantitative estimate of drug-likeness (QED) is 0.886. The van der Waals surface area contributed by atoms with Crippen molar-refractivity contribution in [3.05, 3.63) is 21.9 Å². The molecule has 1 aliphatic heterocycles. The van der Waals surface area contributed by atoms with Gasteiger partial charge in [0, 0.05) is 35.4 Å². The van der Waals surface area contributed by atoms with Gasteiger partial charge in [-0.15, -0.1) is 11.3 Å². The van der Waals surface area contributed by atoms with E-state index in [2.05, 4.69) is 43.2 Å².